The fourth-order valence-corrected chi connectivity index (χ4v) is 3.22. The van der Waals surface area contributed by atoms with Crippen LogP contribution in [0.3, 0.4) is 0 Å². The fourth-order valence-electron chi connectivity index (χ4n) is 1.49. The van der Waals surface area contributed by atoms with E-state index in [9.17, 15) is 21.6 Å². The van der Waals surface area contributed by atoms with E-state index >= 15 is 0 Å². The standard InChI is InChI=1S/C11H10ClF3N2O3S/c12-10-5-9(2-1-8(10)6-16)21(19,20)17(3-4-18)7-11(13,14)15/h1-2,5,18H,3-4,7H2. The van der Waals surface area contributed by atoms with Gasteiger partial charge in [0.2, 0.25) is 10.0 Å². The number of nitriles is 1. The zero-order valence-corrected chi connectivity index (χ0v) is 12.0. The third kappa shape index (κ3) is 4.57. The summed E-state index contributed by atoms with van der Waals surface area (Å²) in [4.78, 5) is -0.482. The van der Waals surface area contributed by atoms with Crippen LogP contribution in [-0.2, 0) is 10.0 Å². The summed E-state index contributed by atoms with van der Waals surface area (Å²) >= 11 is 5.67. The lowest BCUT2D eigenvalue weighted by atomic mass is 10.2. The number of rotatable bonds is 5. The highest BCUT2D eigenvalue weighted by atomic mass is 35.5. The molecule has 0 radical (unpaired) electrons. The maximum atomic E-state index is 12.4. The summed E-state index contributed by atoms with van der Waals surface area (Å²) in [6.45, 7) is -3.20. The topological polar surface area (TPSA) is 81.4 Å². The molecule has 0 saturated carbocycles. The van der Waals surface area contributed by atoms with Gasteiger partial charge in [-0.2, -0.15) is 22.7 Å². The van der Waals surface area contributed by atoms with Crippen molar-refractivity contribution >= 4 is 21.6 Å². The van der Waals surface area contributed by atoms with Crippen LogP contribution in [-0.4, -0.2) is 43.7 Å². The number of hydrogen-bond acceptors (Lipinski definition) is 4. The maximum absolute atomic E-state index is 12.4. The van der Waals surface area contributed by atoms with E-state index in [1.165, 1.54) is 0 Å². The average molecular weight is 343 g/mol. The number of halogens is 4. The molecule has 1 aromatic rings. The molecule has 0 unspecified atom stereocenters. The van der Waals surface area contributed by atoms with Crippen molar-refractivity contribution in [1.29, 1.82) is 5.26 Å². The summed E-state index contributed by atoms with van der Waals surface area (Å²) in [6.07, 6.45) is -4.75. The molecule has 5 nitrogen and oxygen atoms in total. The van der Waals surface area contributed by atoms with E-state index in [0.717, 1.165) is 18.2 Å². The van der Waals surface area contributed by atoms with Gasteiger partial charge in [0.15, 0.2) is 0 Å². The van der Waals surface area contributed by atoms with Gasteiger partial charge in [-0.3, -0.25) is 0 Å². The highest BCUT2D eigenvalue weighted by Gasteiger charge is 2.36. The molecule has 0 aromatic heterocycles. The van der Waals surface area contributed by atoms with Crippen LogP contribution in [0.15, 0.2) is 23.1 Å². The Balaban J connectivity index is 3.23. The SMILES string of the molecule is N#Cc1ccc(S(=O)(=O)N(CCO)CC(F)(F)F)cc1Cl. The molecule has 0 bridgehead atoms. The van der Waals surface area contributed by atoms with Crippen LogP contribution in [0.25, 0.3) is 0 Å². The van der Waals surface area contributed by atoms with Crippen molar-refractivity contribution < 1.29 is 26.7 Å². The predicted molar refractivity (Wildman–Crippen MR) is 68.1 cm³/mol. The Morgan fingerprint density at radius 1 is 1.38 bits per heavy atom. The van der Waals surface area contributed by atoms with Crippen molar-refractivity contribution in [1.82, 2.24) is 4.31 Å². The molecular formula is C11H10ClF3N2O3S. The van der Waals surface area contributed by atoms with Gasteiger partial charge >= 0.3 is 6.18 Å². The zero-order chi connectivity index (χ0) is 16.3. The molecule has 116 valence electrons. The number of aliphatic hydroxyl groups excluding tert-OH is 1. The Labute approximate surface area is 124 Å². The van der Waals surface area contributed by atoms with Gasteiger partial charge in [-0.05, 0) is 18.2 Å². The van der Waals surface area contributed by atoms with Crippen LogP contribution in [0, 0.1) is 11.3 Å². The smallest absolute Gasteiger partial charge is 0.395 e. The third-order valence-electron chi connectivity index (χ3n) is 2.40. The van der Waals surface area contributed by atoms with Gasteiger partial charge in [0, 0.05) is 6.54 Å². The van der Waals surface area contributed by atoms with Crippen molar-refractivity contribution in [2.45, 2.75) is 11.1 Å². The molecule has 1 rings (SSSR count). The quantitative estimate of drug-likeness (QED) is 0.884. The molecule has 0 fully saturated rings. The molecular weight excluding hydrogens is 333 g/mol. The van der Waals surface area contributed by atoms with Gasteiger partial charge in [0.05, 0.1) is 22.1 Å². The first-order chi connectivity index (χ1) is 9.61. The van der Waals surface area contributed by atoms with Crippen LogP contribution in [0.1, 0.15) is 5.56 Å². The number of alkyl halides is 3. The minimum absolute atomic E-state index is 0.000135. The highest BCUT2D eigenvalue weighted by Crippen LogP contribution is 2.25. The summed E-state index contributed by atoms with van der Waals surface area (Å²) in [5.41, 5.74) is 0.000135. The summed E-state index contributed by atoms with van der Waals surface area (Å²) in [5.74, 6) is 0. The molecule has 0 aliphatic heterocycles. The molecule has 0 spiro atoms. The van der Waals surface area contributed by atoms with Gasteiger partial charge in [-0.25, -0.2) is 8.42 Å². The summed E-state index contributed by atoms with van der Waals surface area (Å²) in [6, 6.07) is 4.69. The first-order valence-corrected chi connectivity index (χ1v) is 7.31. The minimum Gasteiger partial charge on any atom is -0.395 e. The summed E-state index contributed by atoms with van der Waals surface area (Å²) < 4.78 is 61.6. The molecule has 0 heterocycles. The lowest BCUT2D eigenvalue weighted by Gasteiger charge is -2.22. The Bertz CT molecular complexity index is 656. The molecule has 0 aliphatic rings. The van der Waals surface area contributed by atoms with E-state index in [1.54, 1.807) is 6.07 Å². The van der Waals surface area contributed by atoms with E-state index in [4.69, 9.17) is 22.0 Å². The van der Waals surface area contributed by atoms with Crippen molar-refractivity contribution in [2.24, 2.45) is 0 Å². The molecule has 1 N–H and O–H groups in total. The highest BCUT2D eigenvalue weighted by molar-refractivity contribution is 7.89. The fraction of sp³-hybridized carbons (Fsp3) is 0.364. The molecule has 0 saturated heterocycles. The number of benzene rings is 1. The van der Waals surface area contributed by atoms with Crippen molar-refractivity contribution in [3.63, 3.8) is 0 Å². The second-order valence-corrected chi connectivity index (χ2v) is 6.28. The first kappa shape index (κ1) is 17.7. The number of aliphatic hydroxyl groups is 1. The number of hydrogen-bond donors (Lipinski definition) is 1. The van der Waals surface area contributed by atoms with Gasteiger partial charge in [-0.1, -0.05) is 11.6 Å². The molecule has 0 atom stereocenters. The molecule has 21 heavy (non-hydrogen) atoms. The number of sulfonamides is 1. The van der Waals surface area contributed by atoms with Gasteiger partial charge in [0.1, 0.15) is 12.6 Å². The average Bonchev–Trinajstić information content (AvgIpc) is 2.36. The van der Waals surface area contributed by atoms with E-state index in [0.29, 0.717) is 0 Å². The van der Waals surface area contributed by atoms with Crippen LogP contribution in [0.4, 0.5) is 13.2 Å². The molecule has 0 aliphatic carbocycles. The Kier molecular flexibility index (Phi) is 5.58. The predicted octanol–water partition coefficient (Wildman–Crippen LogP) is 1.76. The van der Waals surface area contributed by atoms with Crippen molar-refractivity contribution in [3.05, 3.63) is 28.8 Å². The lowest BCUT2D eigenvalue weighted by Crippen LogP contribution is -2.40. The van der Waals surface area contributed by atoms with E-state index < -0.39 is 40.8 Å². The van der Waals surface area contributed by atoms with Gasteiger partial charge in [-0.15, -0.1) is 0 Å². The van der Waals surface area contributed by atoms with E-state index in [2.05, 4.69) is 0 Å². The second kappa shape index (κ2) is 6.62. The largest absolute Gasteiger partial charge is 0.402 e. The second-order valence-electron chi connectivity index (χ2n) is 3.93. The van der Waals surface area contributed by atoms with Gasteiger partial charge < -0.3 is 5.11 Å². The summed E-state index contributed by atoms with van der Waals surface area (Å²) in [7, 11) is -4.48. The van der Waals surface area contributed by atoms with Crippen molar-refractivity contribution in [2.75, 3.05) is 19.7 Å². The van der Waals surface area contributed by atoms with E-state index in [1.807, 2.05) is 0 Å². The van der Waals surface area contributed by atoms with E-state index in [-0.39, 0.29) is 14.9 Å². The monoisotopic (exact) mass is 342 g/mol. The number of nitrogens with zero attached hydrogens (tertiary/aromatic N) is 2. The molecule has 0 amide bonds. The Morgan fingerprint density at radius 2 is 2.00 bits per heavy atom. The Hall–Kier alpha value is -1.34. The van der Waals surface area contributed by atoms with Crippen molar-refractivity contribution in [3.8, 4) is 6.07 Å². The zero-order valence-electron chi connectivity index (χ0n) is 10.4. The minimum atomic E-state index is -4.75. The summed E-state index contributed by atoms with van der Waals surface area (Å²) in [5, 5.41) is 17.2. The third-order valence-corrected chi connectivity index (χ3v) is 4.56. The lowest BCUT2D eigenvalue weighted by molar-refractivity contribution is -0.136. The van der Waals surface area contributed by atoms with Crippen LogP contribution >= 0.6 is 11.6 Å². The first-order valence-electron chi connectivity index (χ1n) is 5.49. The van der Waals surface area contributed by atoms with Crippen LogP contribution < -0.4 is 0 Å². The van der Waals surface area contributed by atoms with Crippen LogP contribution in [0.5, 0.6) is 0 Å². The normalized spacial score (nSPS) is 12.4. The van der Waals surface area contributed by atoms with Gasteiger partial charge in [0.25, 0.3) is 0 Å². The maximum Gasteiger partial charge on any atom is 0.402 e. The Morgan fingerprint density at radius 3 is 2.43 bits per heavy atom. The van der Waals surface area contributed by atoms with Crippen LogP contribution in [0.2, 0.25) is 5.02 Å². The molecule has 1 aromatic carbocycles. The molecule has 10 heteroatoms.